The lowest BCUT2D eigenvalue weighted by Crippen LogP contribution is -2.38. The van der Waals surface area contributed by atoms with Gasteiger partial charge in [-0.05, 0) is 38.3 Å². The average Bonchev–Trinajstić information content (AvgIpc) is 2.18. The van der Waals surface area contributed by atoms with Crippen molar-refractivity contribution in [3.63, 3.8) is 0 Å². The van der Waals surface area contributed by atoms with Crippen LogP contribution < -0.4 is 5.32 Å². The van der Waals surface area contributed by atoms with E-state index in [1.165, 1.54) is 45.1 Å². The Bertz CT molecular complexity index is 219. The summed E-state index contributed by atoms with van der Waals surface area (Å²) in [6.07, 6.45) is 17.1. The molecule has 2 heteroatoms. The van der Waals surface area contributed by atoms with Crippen molar-refractivity contribution in [2.24, 2.45) is 0 Å². The molecule has 0 aromatic rings. The van der Waals surface area contributed by atoms with E-state index < -0.39 is 0 Å². The van der Waals surface area contributed by atoms with Gasteiger partial charge in [-0.1, -0.05) is 24.6 Å². The largest absolute Gasteiger partial charge is 0.391 e. The van der Waals surface area contributed by atoms with Gasteiger partial charge in [-0.15, -0.1) is 0 Å². The summed E-state index contributed by atoms with van der Waals surface area (Å²) in [5.74, 6) is 0. The monoisotopic (exact) mass is 220 g/mol. The molecule has 0 spiro atoms. The smallest absolute Gasteiger partial charge is 0.0183 e. The number of nitrogens with one attached hydrogen (secondary N) is 1. The number of hydrogen-bond donors (Lipinski definition) is 1. The van der Waals surface area contributed by atoms with Crippen LogP contribution in [0, 0.1) is 0 Å². The fourth-order valence-corrected chi connectivity index (χ4v) is 2.62. The Kier molecular flexibility index (Phi) is 4.94. The third-order valence-corrected chi connectivity index (χ3v) is 3.59. The molecule has 1 N–H and O–H groups in total. The second kappa shape index (κ2) is 6.74. The predicted molar refractivity (Wildman–Crippen MR) is 69.3 cm³/mol. The third kappa shape index (κ3) is 3.67. The normalized spacial score (nSPS) is 30.6. The summed E-state index contributed by atoms with van der Waals surface area (Å²) in [6.45, 7) is 3.48. The lowest BCUT2D eigenvalue weighted by atomic mass is 9.99. The predicted octanol–water partition coefficient (Wildman–Crippen LogP) is 2.68. The molecule has 1 atom stereocenters. The number of nitrogens with zero attached hydrogens (tertiary/aromatic N) is 1. The fourth-order valence-electron chi connectivity index (χ4n) is 2.62. The zero-order chi connectivity index (χ0) is 11.1. The molecule has 0 bridgehead atoms. The minimum absolute atomic E-state index is 0.777. The van der Waals surface area contributed by atoms with Crippen LogP contribution in [-0.4, -0.2) is 30.6 Å². The molecule has 0 aromatic heterocycles. The molecule has 0 fully saturated rings. The van der Waals surface area contributed by atoms with Crippen molar-refractivity contribution in [2.45, 2.75) is 44.6 Å². The molecule has 1 heterocycles. The Labute approximate surface area is 99.4 Å². The van der Waals surface area contributed by atoms with E-state index in [4.69, 9.17) is 0 Å². The van der Waals surface area contributed by atoms with Crippen LogP contribution in [0.4, 0.5) is 0 Å². The molecule has 16 heavy (non-hydrogen) atoms. The van der Waals surface area contributed by atoms with Crippen LogP contribution in [-0.2, 0) is 0 Å². The van der Waals surface area contributed by atoms with E-state index in [0.717, 1.165) is 19.1 Å². The van der Waals surface area contributed by atoms with Crippen molar-refractivity contribution in [1.29, 1.82) is 0 Å². The maximum Gasteiger partial charge on any atom is 0.0183 e. The second-order valence-electron chi connectivity index (χ2n) is 4.85. The van der Waals surface area contributed by atoms with Crippen LogP contribution in [0.15, 0.2) is 24.4 Å². The van der Waals surface area contributed by atoms with Crippen molar-refractivity contribution in [3.8, 4) is 0 Å². The molecule has 2 rings (SSSR count). The summed E-state index contributed by atoms with van der Waals surface area (Å²) < 4.78 is 0. The number of rotatable bonds is 1. The van der Waals surface area contributed by atoms with Gasteiger partial charge in [-0.3, -0.25) is 4.90 Å². The third-order valence-electron chi connectivity index (χ3n) is 3.59. The van der Waals surface area contributed by atoms with Crippen molar-refractivity contribution in [3.05, 3.63) is 24.4 Å². The Morgan fingerprint density at radius 3 is 3.06 bits per heavy atom. The first-order valence-corrected chi connectivity index (χ1v) is 6.74. The SMILES string of the molecule is C1=CCC(N2C/C=C\NCCC2)CCCC1. The molecule has 1 aliphatic carbocycles. The molecule has 1 unspecified atom stereocenters. The highest BCUT2D eigenvalue weighted by molar-refractivity contribution is 4.93. The Hall–Kier alpha value is -0.760. The molecule has 90 valence electrons. The van der Waals surface area contributed by atoms with Gasteiger partial charge >= 0.3 is 0 Å². The first-order valence-electron chi connectivity index (χ1n) is 6.74. The minimum atomic E-state index is 0.777. The Morgan fingerprint density at radius 2 is 2.06 bits per heavy atom. The van der Waals surface area contributed by atoms with Crippen LogP contribution in [0.5, 0.6) is 0 Å². The van der Waals surface area contributed by atoms with Gasteiger partial charge in [0.2, 0.25) is 0 Å². The van der Waals surface area contributed by atoms with Crippen molar-refractivity contribution < 1.29 is 0 Å². The highest BCUT2D eigenvalue weighted by Gasteiger charge is 2.16. The van der Waals surface area contributed by atoms with Crippen LogP contribution in [0.2, 0.25) is 0 Å². The molecule has 2 nitrogen and oxygen atoms in total. The number of allylic oxidation sites excluding steroid dienone is 1. The van der Waals surface area contributed by atoms with Gasteiger partial charge in [-0.25, -0.2) is 0 Å². The standard InChI is InChI=1S/C14H24N2/c1-2-4-8-14(9-5-3-1)16-12-6-10-15-11-7-13-16/h2,4,6,10,14-15H,1,3,5,7-9,11-13H2/b4-2?,10-6-. The number of hydrogen-bond acceptors (Lipinski definition) is 2. The van der Waals surface area contributed by atoms with E-state index in [2.05, 4.69) is 34.6 Å². The fraction of sp³-hybridized carbons (Fsp3) is 0.714. The van der Waals surface area contributed by atoms with Crippen molar-refractivity contribution >= 4 is 0 Å². The Balaban J connectivity index is 1.91. The van der Waals surface area contributed by atoms with E-state index in [0.29, 0.717) is 0 Å². The molecule has 0 saturated heterocycles. The van der Waals surface area contributed by atoms with E-state index >= 15 is 0 Å². The van der Waals surface area contributed by atoms with Gasteiger partial charge in [0.1, 0.15) is 0 Å². The molecule has 0 aromatic carbocycles. The van der Waals surface area contributed by atoms with Gasteiger partial charge in [0.25, 0.3) is 0 Å². The summed E-state index contributed by atoms with van der Waals surface area (Å²) in [5, 5.41) is 3.31. The van der Waals surface area contributed by atoms with Crippen LogP contribution in [0.25, 0.3) is 0 Å². The van der Waals surface area contributed by atoms with Gasteiger partial charge in [0.15, 0.2) is 0 Å². The summed E-state index contributed by atoms with van der Waals surface area (Å²) >= 11 is 0. The molecule has 2 aliphatic rings. The summed E-state index contributed by atoms with van der Waals surface area (Å²) in [6, 6.07) is 0.777. The van der Waals surface area contributed by atoms with E-state index in [9.17, 15) is 0 Å². The lowest BCUT2D eigenvalue weighted by Gasteiger charge is -2.32. The lowest BCUT2D eigenvalue weighted by molar-refractivity contribution is 0.198. The van der Waals surface area contributed by atoms with Gasteiger partial charge in [-0.2, -0.15) is 0 Å². The average molecular weight is 220 g/mol. The maximum absolute atomic E-state index is 3.31. The first kappa shape index (κ1) is 11.7. The van der Waals surface area contributed by atoms with Crippen LogP contribution in [0.1, 0.15) is 38.5 Å². The minimum Gasteiger partial charge on any atom is -0.391 e. The quantitative estimate of drug-likeness (QED) is 0.684. The van der Waals surface area contributed by atoms with Crippen molar-refractivity contribution in [2.75, 3.05) is 19.6 Å². The first-order chi connectivity index (χ1) is 7.97. The van der Waals surface area contributed by atoms with Gasteiger partial charge in [0.05, 0.1) is 0 Å². The molecule has 0 radical (unpaired) electrons. The van der Waals surface area contributed by atoms with Gasteiger partial charge < -0.3 is 5.32 Å². The molecule has 0 amide bonds. The zero-order valence-corrected chi connectivity index (χ0v) is 10.2. The molecular weight excluding hydrogens is 196 g/mol. The molecular formula is C14H24N2. The van der Waals surface area contributed by atoms with Crippen LogP contribution in [0.3, 0.4) is 0 Å². The topological polar surface area (TPSA) is 15.3 Å². The second-order valence-corrected chi connectivity index (χ2v) is 4.85. The highest BCUT2D eigenvalue weighted by atomic mass is 15.2. The van der Waals surface area contributed by atoms with Gasteiger partial charge in [0, 0.05) is 25.7 Å². The van der Waals surface area contributed by atoms with E-state index in [1.807, 2.05) is 0 Å². The highest BCUT2D eigenvalue weighted by Crippen LogP contribution is 2.18. The van der Waals surface area contributed by atoms with E-state index in [1.54, 1.807) is 0 Å². The van der Waals surface area contributed by atoms with E-state index in [-0.39, 0.29) is 0 Å². The molecule has 1 aliphatic heterocycles. The zero-order valence-electron chi connectivity index (χ0n) is 10.2. The summed E-state index contributed by atoms with van der Waals surface area (Å²) in [4.78, 5) is 2.66. The molecule has 0 saturated carbocycles. The Morgan fingerprint density at radius 1 is 1.06 bits per heavy atom. The van der Waals surface area contributed by atoms with Crippen LogP contribution >= 0.6 is 0 Å². The summed E-state index contributed by atoms with van der Waals surface area (Å²) in [5.41, 5.74) is 0. The maximum atomic E-state index is 3.31. The summed E-state index contributed by atoms with van der Waals surface area (Å²) in [7, 11) is 0. The van der Waals surface area contributed by atoms with Crippen molar-refractivity contribution in [1.82, 2.24) is 10.2 Å².